The minimum Gasteiger partial charge on any atom is -0.497 e. The highest BCUT2D eigenvalue weighted by Gasteiger charge is 2.20. The molecule has 642 valence electrons. The third kappa shape index (κ3) is 28.6. The molecule has 0 saturated carbocycles. The van der Waals surface area contributed by atoms with Crippen LogP contribution in [0.1, 0.15) is 75.2 Å². The molecular formula is C95H111N17O8S3. The first kappa shape index (κ1) is 89.3. The number of hydrogen-bond acceptors (Lipinski definition) is 25. The first-order chi connectivity index (χ1) is 60.3. The van der Waals surface area contributed by atoms with E-state index in [0.29, 0.717) is 52.1 Å². The first-order valence-electron chi connectivity index (χ1n) is 42.2. The van der Waals surface area contributed by atoms with Crippen molar-refractivity contribution in [1.29, 1.82) is 0 Å². The lowest BCUT2D eigenvalue weighted by Gasteiger charge is -2.34. The quantitative estimate of drug-likeness (QED) is 0.0178. The van der Waals surface area contributed by atoms with Gasteiger partial charge >= 0.3 is 0 Å². The summed E-state index contributed by atoms with van der Waals surface area (Å²) in [6.07, 6.45) is 12.5. The number of thiophene rings is 3. The molecule has 28 heteroatoms. The van der Waals surface area contributed by atoms with Crippen LogP contribution in [-0.2, 0) is 43.3 Å². The number of ether oxygens (including phenoxy) is 4. The first-order valence-corrected chi connectivity index (χ1v) is 44.6. The fourth-order valence-corrected chi connectivity index (χ4v) is 17.0. The summed E-state index contributed by atoms with van der Waals surface area (Å²) in [7, 11) is 7.17. The third-order valence-corrected chi connectivity index (χ3v) is 24.9. The molecule has 9 heterocycles. The number of rotatable bonds is 37. The largest absolute Gasteiger partial charge is 0.497 e. The monoisotopic (exact) mass is 1710 g/mol. The van der Waals surface area contributed by atoms with E-state index in [-0.39, 0.29) is 24.3 Å². The van der Waals surface area contributed by atoms with Crippen LogP contribution in [0, 0.1) is 0 Å². The smallest absolute Gasteiger partial charge is 0.261 e. The average molecular weight is 1720 g/mol. The third-order valence-electron chi connectivity index (χ3n) is 21.5. The van der Waals surface area contributed by atoms with Crippen molar-refractivity contribution in [3.63, 3.8) is 0 Å². The minimum absolute atomic E-state index is 0.0667. The predicted octanol–water partition coefficient (Wildman–Crippen LogP) is 14.4. The van der Waals surface area contributed by atoms with E-state index in [0.717, 1.165) is 228 Å². The lowest BCUT2D eigenvalue weighted by Crippen LogP contribution is -2.47. The zero-order chi connectivity index (χ0) is 85.2. The van der Waals surface area contributed by atoms with Gasteiger partial charge in [0.1, 0.15) is 17.2 Å². The fourth-order valence-electron chi connectivity index (χ4n) is 14.3. The van der Waals surface area contributed by atoms with Crippen LogP contribution in [0.15, 0.2) is 219 Å². The maximum absolute atomic E-state index is 12.7. The van der Waals surface area contributed by atoms with Crippen LogP contribution in [0.5, 0.6) is 17.2 Å². The second-order valence-electron chi connectivity index (χ2n) is 30.3. The molecule has 25 nitrogen and oxygen atoms in total. The van der Waals surface area contributed by atoms with Crippen LogP contribution in [0.25, 0.3) is 31.7 Å². The highest BCUT2D eigenvalue weighted by atomic mass is 32.1. The molecule has 3 saturated heterocycles. The number of amides is 3. The van der Waals surface area contributed by atoms with Crippen molar-refractivity contribution < 1.29 is 38.4 Å². The Kier molecular flexibility index (Phi) is 34.4. The highest BCUT2D eigenvalue weighted by molar-refractivity contribution is 7.18. The summed E-state index contributed by atoms with van der Waals surface area (Å²) in [6, 6.07) is 66.2. The lowest BCUT2D eigenvalue weighted by atomic mass is 10.1. The summed E-state index contributed by atoms with van der Waals surface area (Å²) >= 11 is 4.28. The van der Waals surface area contributed by atoms with Gasteiger partial charge in [-0.1, -0.05) is 72.8 Å². The van der Waals surface area contributed by atoms with Gasteiger partial charge < -0.3 is 70.7 Å². The van der Waals surface area contributed by atoms with Crippen molar-refractivity contribution in [3.8, 4) is 49.0 Å². The van der Waals surface area contributed by atoms with Crippen molar-refractivity contribution in [3.05, 3.63) is 267 Å². The summed E-state index contributed by atoms with van der Waals surface area (Å²) < 4.78 is 21.3. The molecule has 15 rings (SSSR count). The van der Waals surface area contributed by atoms with Gasteiger partial charge in [-0.25, -0.2) is 29.9 Å². The molecule has 7 N–H and O–H groups in total. The number of piperazine rings is 2. The Morgan fingerprint density at radius 1 is 0.374 bits per heavy atom. The van der Waals surface area contributed by atoms with E-state index >= 15 is 0 Å². The number of carbonyl (C=O) groups is 3. The van der Waals surface area contributed by atoms with E-state index < -0.39 is 0 Å². The van der Waals surface area contributed by atoms with Crippen LogP contribution < -0.4 is 46.1 Å². The molecule has 0 aliphatic carbocycles. The van der Waals surface area contributed by atoms with Crippen molar-refractivity contribution >= 4 is 86.6 Å². The lowest BCUT2D eigenvalue weighted by molar-refractivity contribution is 0.0384. The van der Waals surface area contributed by atoms with Crippen LogP contribution in [-0.4, -0.2) is 237 Å². The van der Waals surface area contributed by atoms with Crippen molar-refractivity contribution in [1.82, 2.24) is 70.4 Å². The Labute approximate surface area is 733 Å². The number of nitrogens with one attached hydrogen (secondary N) is 6. The van der Waals surface area contributed by atoms with Crippen molar-refractivity contribution in [2.45, 2.75) is 51.4 Å². The van der Waals surface area contributed by atoms with Gasteiger partial charge in [-0.15, -0.1) is 34.0 Å². The number of aliphatic hydroxyl groups is 1. The maximum Gasteiger partial charge on any atom is 0.261 e. The van der Waals surface area contributed by atoms with Gasteiger partial charge in [-0.05, 0) is 219 Å². The van der Waals surface area contributed by atoms with Gasteiger partial charge in [-0.2, -0.15) is 0 Å². The number of benzene rings is 6. The molecular weight excluding hydrogens is 1600 g/mol. The maximum atomic E-state index is 12.7. The van der Waals surface area contributed by atoms with E-state index in [1.807, 2.05) is 115 Å². The van der Waals surface area contributed by atoms with Gasteiger partial charge in [-0.3, -0.25) is 24.2 Å². The molecule has 3 aliphatic rings. The zero-order valence-corrected chi connectivity index (χ0v) is 73.0. The van der Waals surface area contributed by atoms with Gasteiger partial charge in [0.05, 0.1) is 87.5 Å². The van der Waals surface area contributed by atoms with Gasteiger partial charge in [0.15, 0.2) is 0 Å². The number of nitrogens with zero attached hydrogens (tertiary/aromatic N) is 11. The number of aliphatic hydroxyl groups excluding tert-OH is 1. The van der Waals surface area contributed by atoms with E-state index in [4.69, 9.17) is 29.0 Å². The number of likely N-dealkylation sites (N-methyl/N-ethyl adjacent to an activating group) is 1. The molecule has 123 heavy (non-hydrogen) atoms. The summed E-state index contributed by atoms with van der Waals surface area (Å²) in [4.78, 5) is 82.3. The van der Waals surface area contributed by atoms with E-state index in [1.165, 1.54) is 61.8 Å². The average Bonchev–Trinajstić information content (AvgIpc) is 1.86. The zero-order valence-electron chi connectivity index (χ0n) is 70.5. The standard InChI is InChI=1S/C33H40N6O3S.C31H36N6O2S.C31H35N5O3S/c1-42-28-6-2-4-26(24-28)5-3-15-34-32(41)31-12-11-30(43-31)29-13-16-35-33(37-29)36-27-9-7-25(8-10-27)14-17-38-18-20-39(21-19-38)22-23-40;1-36-18-20-37(21-19-36)17-14-23-6-8-25(9-7-23)34-31-33-16-13-27(35-31)28-10-11-29(40-28)30(38)32-15-12-24-4-3-5-26(22-24)39-2;1-38-26-6-2-4-24(22-26)5-3-15-32-30(37)29-12-11-28(40-29)27-13-16-33-31(35-27)34-25-9-7-23(8-10-25)14-17-36-18-20-39-21-19-36/h2,4,6-13,16,24,40H,3,5,14-15,17-23H2,1H3,(H,34,41)(H,35,36,37);3-11,13,16,22H,12,14-15,17-21H2,1-2H3,(H,32,38)(H,33,34,35);2,4,6-13,16,22H,3,5,14-15,17-21H2,1H3,(H,32,37)(H,33,34,35). The van der Waals surface area contributed by atoms with Crippen LogP contribution in [0.2, 0.25) is 0 Å². The number of methoxy groups -OCH3 is 3. The fraction of sp³-hybridized carbons (Fsp3) is 0.337. The normalized spacial score (nSPS) is 13.9. The van der Waals surface area contributed by atoms with Crippen LogP contribution in [0.4, 0.5) is 34.9 Å². The topological polar surface area (TPSA) is 274 Å². The highest BCUT2D eigenvalue weighted by Crippen LogP contribution is 2.32. The Balaban J connectivity index is 0.000000159. The molecule has 3 amide bonds. The summed E-state index contributed by atoms with van der Waals surface area (Å²) in [5.41, 5.74) is 12.6. The van der Waals surface area contributed by atoms with Gasteiger partial charge in [0, 0.05) is 147 Å². The van der Waals surface area contributed by atoms with Crippen LogP contribution >= 0.6 is 34.0 Å². The molecule has 0 atom stereocenters. The molecule has 12 aromatic rings. The molecule has 6 aromatic heterocycles. The Bertz CT molecular complexity index is 5270. The summed E-state index contributed by atoms with van der Waals surface area (Å²) in [5, 5.41) is 28.1. The SMILES string of the molecule is COc1cccc(CCCNC(=O)c2ccc(-c3ccnc(Nc4ccc(CCN5CCN(CCO)CC5)cc4)n3)s2)c1.COc1cccc(CCCNC(=O)c2ccc(-c3ccnc(Nc4ccc(CCN5CCOCC5)cc4)n3)s2)c1.COc1cccc(CCNC(=O)c2ccc(-c3ccnc(Nc4ccc(CCN5CCN(C)CC5)cc4)n3)s2)c1. The Hall–Kier alpha value is -11.4. The van der Waals surface area contributed by atoms with Crippen LogP contribution in [0.3, 0.4) is 0 Å². The van der Waals surface area contributed by atoms with Crippen molar-refractivity contribution in [2.75, 3.05) is 175 Å². The molecule has 0 unspecified atom stereocenters. The number of aromatic nitrogens is 6. The molecule has 6 aromatic carbocycles. The Morgan fingerprint density at radius 2 is 0.707 bits per heavy atom. The van der Waals surface area contributed by atoms with E-state index in [2.05, 4.69) is 173 Å². The number of morpholine rings is 1. The number of β-amino-alcohol motifs (C(OH)–C–C–N with tert-alkyl or cyclic N) is 1. The molecule has 0 spiro atoms. The summed E-state index contributed by atoms with van der Waals surface area (Å²) in [5.74, 6) is 3.86. The van der Waals surface area contributed by atoms with E-state index in [1.54, 1.807) is 39.9 Å². The van der Waals surface area contributed by atoms with Crippen molar-refractivity contribution in [2.24, 2.45) is 0 Å². The molecule has 3 fully saturated rings. The molecule has 0 radical (unpaired) electrons. The number of anilines is 6. The molecule has 0 bridgehead atoms. The Morgan fingerprint density at radius 3 is 1.07 bits per heavy atom. The predicted molar refractivity (Wildman–Crippen MR) is 494 cm³/mol. The number of aryl methyl sites for hydroxylation is 2. The van der Waals surface area contributed by atoms with Gasteiger partial charge in [0.2, 0.25) is 17.8 Å². The van der Waals surface area contributed by atoms with E-state index in [9.17, 15) is 14.4 Å². The molecule has 3 aliphatic heterocycles. The second kappa shape index (κ2) is 47.3. The number of hydrogen-bond donors (Lipinski definition) is 7. The van der Waals surface area contributed by atoms with Gasteiger partial charge in [0.25, 0.3) is 17.7 Å². The minimum atomic E-state index is -0.0840. The number of carbonyl (C=O) groups excluding carboxylic acids is 3. The summed E-state index contributed by atoms with van der Waals surface area (Å²) in [6.45, 7) is 18.3. The second-order valence-corrected chi connectivity index (χ2v) is 33.5.